The van der Waals surface area contributed by atoms with Gasteiger partial charge >= 0.3 is 0 Å². The first kappa shape index (κ1) is 13.5. The van der Waals surface area contributed by atoms with Gasteiger partial charge in [-0.3, -0.25) is 4.79 Å². The van der Waals surface area contributed by atoms with Crippen LogP contribution < -0.4 is 5.32 Å². The van der Waals surface area contributed by atoms with Crippen LogP contribution in [0.3, 0.4) is 0 Å². The second-order valence-electron chi connectivity index (χ2n) is 5.49. The summed E-state index contributed by atoms with van der Waals surface area (Å²) in [6.45, 7) is 5.86. The summed E-state index contributed by atoms with van der Waals surface area (Å²) in [5.74, 6) is -0.0889. The number of aliphatic hydroxyl groups excluding tert-OH is 1. The second kappa shape index (κ2) is 5.64. The van der Waals surface area contributed by atoms with Crippen LogP contribution in [-0.4, -0.2) is 35.4 Å². The lowest BCUT2D eigenvalue weighted by Gasteiger charge is -2.27. The molecule has 0 heterocycles. The third-order valence-electron chi connectivity index (χ3n) is 2.65. The lowest BCUT2D eigenvalue weighted by molar-refractivity contribution is -0.131. The Hall–Kier alpha value is -0.610. The van der Waals surface area contributed by atoms with Crippen molar-refractivity contribution in [3.05, 3.63) is 0 Å². The minimum absolute atomic E-state index is 0.0889. The van der Waals surface area contributed by atoms with Gasteiger partial charge in [-0.25, -0.2) is 0 Å². The zero-order valence-electron chi connectivity index (χ0n) is 10.5. The van der Waals surface area contributed by atoms with Crippen molar-refractivity contribution in [1.29, 1.82) is 0 Å². The van der Waals surface area contributed by atoms with Crippen LogP contribution in [0.15, 0.2) is 0 Å². The molecular weight excluding hydrogens is 206 g/mol. The SMILES string of the molecule is CC(C)(C)OCC(=O)NC1CCCC(O)C1. The van der Waals surface area contributed by atoms with Crippen LogP contribution >= 0.6 is 0 Å². The molecule has 1 amide bonds. The van der Waals surface area contributed by atoms with Crippen LogP contribution in [0.4, 0.5) is 0 Å². The fourth-order valence-electron chi connectivity index (χ4n) is 1.85. The number of carbonyl (C=O) groups excluding carboxylic acids is 1. The van der Waals surface area contributed by atoms with Crippen molar-refractivity contribution in [2.45, 2.75) is 64.2 Å². The number of hydrogen-bond donors (Lipinski definition) is 2. The standard InChI is InChI=1S/C12H23NO3/c1-12(2,3)16-8-11(15)13-9-5-4-6-10(14)7-9/h9-10,14H,4-8H2,1-3H3,(H,13,15). The van der Waals surface area contributed by atoms with Gasteiger partial charge in [-0.2, -0.15) is 0 Å². The molecule has 2 unspecified atom stereocenters. The highest BCUT2D eigenvalue weighted by Crippen LogP contribution is 2.18. The second-order valence-corrected chi connectivity index (χ2v) is 5.49. The topological polar surface area (TPSA) is 58.6 Å². The number of nitrogens with one attached hydrogen (secondary N) is 1. The predicted octanol–water partition coefficient (Wildman–Crippen LogP) is 1.22. The third-order valence-corrected chi connectivity index (χ3v) is 2.65. The number of rotatable bonds is 3. The van der Waals surface area contributed by atoms with Gasteiger partial charge in [-0.15, -0.1) is 0 Å². The molecule has 2 atom stereocenters. The van der Waals surface area contributed by atoms with E-state index in [4.69, 9.17) is 4.74 Å². The molecule has 1 aliphatic rings. The Morgan fingerprint density at radius 1 is 1.44 bits per heavy atom. The average molecular weight is 229 g/mol. The maximum absolute atomic E-state index is 11.5. The van der Waals surface area contributed by atoms with Gasteiger partial charge in [0.25, 0.3) is 0 Å². The first-order chi connectivity index (χ1) is 7.37. The van der Waals surface area contributed by atoms with Crippen LogP contribution in [0.25, 0.3) is 0 Å². The molecule has 0 bridgehead atoms. The molecule has 1 saturated carbocycles. The smallest absolute Gasteiger partial charge is 0.246 e. The third kappa shape index (κ3) is 5.47. The van der Waals surface area contributed by atoms with E-state index in [0.717, 1.165) is 19.3 Å². The molecule has 4 heteroatoms. The molecule has 16 heavy (non-hydrogen) atoms. The summed E-state index contributed by atoms with van der Waals surface area (Å²) in [5, 5.41) is 12.4. The van der Waals surface area contributed by atoms with Crippen LogP contribution in [-0.2, 0) is 9.53 Å². The lowest BCUT2D eigenvalue weighted by Crippen LogP contribution is -2.42. The van der Waals surface area contributed by atoms with E-state index < -0.39 is 0 Å². The van der Waals surface area contributed by atoms with Gasteiger partial charge in [-0.05, 0) is 46.5 Å². The van der Waals surface area contributed by atoms with Crippen molar-refractivity contribution in [2.75, 3.05) is 6.61 Å². The van der Waals surface area contributed by atoms with Crippen LogP contribution in [0, 0.1) is 0 Å². The van der Waals surface area contributed by atoms with E-state index in [-0.39, 0.29) is 30.3 Å². The van der Waals surface area contributed by atoms with Crippen molar-refractivity contribution in [1.82, 2.24) is 5.32 Å². The van der Waals surface area contributed by atoms with Gasteiger partial charge in [0, 0.05) is 6.04 Å². The van der Waals surface area contributed by atoms with Gasteiger partial charge in [0.1, 0.15) is 6.61 Å². The Balaban J connectivity index is 2.23. The molecule has 4 nitrogen and oxygen atoms in total. The van der Waals surface area contributed by atoms with Crippen LogP contribution in [0.1, 0.15) is 46.5 Å². The van der Waals surface area contributed by atoms with Crippen LogP contribution in [0.2, 0.25) is 0 Å². The summed E-state index contributed by atoms with van der Waals surface area (Å²) < 4.78 is 5.38. The first-order valence-electron chi connectivity index (χ1n) is 5.98. The molecule has 0 aromatic carbocycles. The summed E-state index contributed by atoms with van der Waals surface area (Å²) in [6.07, 6.45) is 3.19. The highest BCUT2D eigenvalue weighted by molar-refractivity contribution is 5.77. The summed E-state index contributed by atoms with van der Waals surface area (Å²) in [7, 11) is 0. The predicted molar refractivity (Wildman–Crippen MR) is 62.1 cm³/mol. The number of carbonyl (C=O) groups is 1. The van der Waals surface area contributed by atoms with Crippen molar-refractivity contribution < 1.29 is 14.6 Å². The van der Waals surface area contributed by atoms with Crippen molar-refractivity contribution >= 4 is 5.91 Å². The minimum atomic E-state index is -0.288. The van der Waals surface area contributed by atoms with E-state index >= 15 is 0 Å². The Morgan fingerprint density at radius 3 is 2.69 bits per heavy atom. The molecular formula is C12H23NO3. The summed E-state index contributed by atoms with van der Waals surface area (Å²) in [5.41, 5.74) is -0.288. The first-order valence-corrected chi connectivity index (χ1v) is 5.98. The van der Waals surface area contributed by atoms with Gasteiger partial charge < -0.3 is 15.2 Å². The number of amides is 1. The molecule has 0 radical (unpaired) electrons. The fourth-order valence-corrected chi connectivity index (χ4v) is 1.85. The van der Waals surface area contributed by atoms with Crippen LogP contribution in [0.5, 0.6) is 0 Å². The molecule has 0 aromatic heterocycles. The zero-order chi connectivity index (χ0) is 12.2. The van der Waals surface area contributed by atoms with Crippen molar-refractivity contribution in [2.24, 2.45) is 0 Å². The van der Waals surface area contributed by atoms with Crippen molar-refractivity contribution in [3.8, 4) is 0 Å². The van der Waals surface area contributed by atoms with Gasteiger partial charge in [-0.1, -0.05) is 0 Å². The van der Waals surface area contributed by atoms with Gasteiger partial charge in [0.05, 0.1) is 11.7 Å². The lowest BCUT2D eigenvalue weighted by atomic mass is 9.93. The Morgan fingerprint density at radius 2 is 2.12 bits per heavy atom. The molecule has 1 rings (SSSR count). The Bertz CT molecular complexity index is 235. The Kier molecular flexibility index (Phi) is 4.74. The van der Waals surface area contributed by atoms with E-state index in [0.29, 0.717) is 6.42 Å². The van der Waals surface area contributed by atoms with E-state index in [9.17, 15) is 9.90 Å². The summed E-state index contributed by atoms with van der Waals surface area (Å²) >= 11 is 0. The fraction of sp³-hybridized carbons (Fsp3) is 0.917. The van der Waals surface area contributed by atoms with Gasteiger partial charge in [0.2, 0.25) is 5.91 Å². The monoisotopic (exact) mass is 229 g/mol. The summed E-state index contributed by atoms with van der Waals surface area (Å²) in [6, 6.07) is 0.111. The number of ether oxygens (including phenoxy) is 1. The molecule has 0 spiro atoms. The highest BCUT2D eigenvalue weighted by atomic mass is 16.5. The molecule has 94 valence electrons. The normalized spacial score (nSPS) is 26.5. The maximum Gasteiger partial charge on any atom is 0.246 e. The molecule has 1 aliphatic carbocycles. The Labute approximate surface area is 97.4 Å². The molecule has 2 N–H and O–H groups in total. The van der Waals surface area contributed by atoms with Crippen molar-refractivity contribution in [3.63, 3.8) is 0 Å². The molecule has 1 fully saturated rings. The minimum Gasteiger partial charge on any atom is -0.393 e. The molecule has 0 aromatic rings. The van der Waals surface area contributed by atoms with E-state index in [1.165, 1.54) is 0 Å². The largest absolute Gasteiger partial charge is 0.393 e. The number of aliphatic hydroxyl groups is 1. The van der Waals surface area contributed by atoms with E-state index in [1.807, 2.05) is 20.8 Å². The van der Waals surface area contributed by atoms with E-state index in [2.05, 4.69) is 5.32 Å². The van der Waals surface area contributed by atoms with E-state index in [1.54, 1.807) is 0 Å². The highest BCUT2D eigenvalue weighted by Gasteiger charge is 2.22. The molecule has 0 aliphatic heterocycles. The quantitative estimate of drug-likeness (QED) is 0.765. The average Bonchev–Trinajstić information content (AvgIpc) is 2.14. The zero-order valence-corrected chi connectivity index (χ0v) is 10.5. The number of hydrogen-bond acceptors (Lipinski definition) is 3. The summed E-state index contributed by atoms with van der Waals surface area (Å²) in [4.78, 5) is 11.5. The maximum atomic E-state index is 11.5. The van der Waals surface area contributed by atoms with Gasteiger partial charge in [0.15, 0.2) is 0 Å². The molecule has 0 saturated heterocycles.